The van der Waals surface area contributed by atoms with Crippen LogP contribution in [0.1, 0.15) is 17.0 Å². The summed E-state index contributed by atoms with van der Waals surface area (Å²) in [5.74, 6) is -2.02. The van der Waals surface area contributed by atoms with Crippen LogP contribution in [0.3, 0.4) is 0 Å². The number of hydrogen-bond acceptors (Lipinski definition) is 4. The molecular formula is C16H8F5N3O. The molecule has 0 aliphatic heterocycles. The van der Waals surface area contributed by atoms with Gasteiger partial charge in [-0.2, -0.15) is 18.2 Å². The van der Waals surface area contributed by atoms with Gasteiger partial charge < -0.3 is 4.52 Å². The van der Waals surface area contributed by atoms with Gasteiger partial charge in [-0.3, -0.25) is 4.98 Å². The van der Waals surface area contributed by atoms with E-state index in [1.165, 1.54) is 24.4 Å². The van der Waals surface area contributed by atoms with Gasteiger partial charge in [-0.25, -0.2) is 8.78 Å². The summed E-state index contributed by atoms with van der Waals surface area (Å²) in [6, 6.07) is 3.35. The van der Waals surface area contributed by atoms with Crippen molar-refractivity contribution in [3.05, 3.63) is 65.3 Å². The molecule has 0 atom stereocenters. The average Bonchev–Trinajstić information content (AvgIpc) is 3.01. The molecule has 2 heterocycles. The van der Waals surface area contributed by atoms with Crippen LogP contribution in [0.4, 0.5) is 22.0 Å². The van der Waals surface area contributed by atoms with E-state index in [1.807, 2.05) is 0 Å². The second kappa shape index (κ2) is 6.42. The van der Waals surface area contributed by atoms with E-state index in [0.717, 1.165) is 18.3 Å². The molecule has 0 fully saturated rings. The third-order valence-electron chi connectivity index (χ3n) is 3.11. The van der Waals surface area contributed by atoms with Crippen molar-refractivity contribution in [3.63, 3.8) is 0 Å². The summed E-state index contributed by atoms with van der Waals surface area (Å²) in [6.07, 6.45) is 0.321. The summed E-state index contributed by atoms with van der Waals surface area (Å²) in [5.41, 5.74) is -1.22. The van der Waals surface area contributed by atoms with E-state index in [9.17, 15) is 22.0 Å². The molecule has 0 N–H and O–H groups in total. The Morgan fingerprint density at radius 1 is 0.960 bits per heavy atom. The van der Waals surface area contributed by atoms with Gasteiger partial charge in [0.15, 0.2) is 0 Å². The molecule has 0 radical (unpaired) electrons. The fourth-order valence-corrected chi connectivity index (χ4v) is 2.05. The number of aromatic nitrogens is 3. The molecule has 0 spiro atoms. The van der Waals surface area contributed by atoms with Crippen LogP contribution < -0.4 is 0 Å². The third kappa shape index (κ3) is 3.87. The van der Waals surface area contributed by atoms with E-state index in [2.05, 4.69) is 15.1 Å². The largest absolute Gasteiger partial charge is 0.417 e. The van der Waals surface area contributed by atoms with E-state index in [-0.39, 0.29) is 11.7 Å². The lowest BCUT2D eigenvalue weighted by Gasteiger charge is -2.10. The van der Waals surface area contributed by atoms with Gasteiger partial charge in [0.05, 0.1) is 11.8 Å². The molecule has 0 bridgehead atoms. The highest BCUT2D eigenvalue weighted by Crippen LogP contribution is 2.36. The molecule has 0 aliphatic rings. The van der Waals surface area contributed by atoms with Crippen molar-refractivity contribution in [2.24, 2.45) is 0 Å². The zero-order chi connectivity index (χ0) is 18.0. The van der Waals surface area contributed by atoms with Crippen LogP contribution in [-0.2, 0) is 6.18 Å². The maximum Gasteiger partial charge on any atom is 0.417 e. The molecule has 0 unspecified atom stereocenters. The second-order valence-electron chi connectivity index (χ2n) is 4.91. The first kappa shape index (κ1) is 16.7. The predicted molar refractivity (Wildman–Crippen MR) is 77.8 cm³/mol. The van der Waals surface area contributed by atoms with Crippen LogP contribution in [0.25, 0.3) is 23.5 Å². The monoisotopic (exact) mass is 353 g/mol. The van der Waals surface area contributed by atoms with Crippen molar-refractivity contribution in [2.45, 2.75) is 6.18 Å². The molecule has 9 heteroatoms. The molecule has 0 saturated carbocycles. The quantitative estimate of drug-likeness (QED) is 0.646. The molecule has 0 saturated heterocycles. The molecule has 0 aliphatic carbocycles. The Bertz CT molecular complexity index is 934. The first-order valence-electron chi connectivity index (χ1n) is 6.82. The zero-order valence-corrected chi connectivity index (χ0v) is 12.3. The first-order valence-corrected chi connectivity index (χ1v) is 6.82. The van der Waals surface area contributed by atoms with Crippen LogP contribution in [-0.4, -0.2) is 15.1 Å². The highest BCUT2D eigenvalue weighted by Gasteiger charge is 2.35. The molecule has 3 rings (SSSR count). The predicted octanol–water partition coefficient (Wildman–Crippen LogP) is 4.60. The van der Waals surface area contributed by atoms with E-state index >= 15 is 0 Å². The highest BCUT2D eigenvalue weighted by atomic mass is 19.4. The minimum atomic E-state index is -4.78. The summed E-state index contributed by atoms with van der Waals surface area (Å²) in [4.78, 5) is 7.46. The summed E-state index contributed by atoms with van der Waals surface area (Å²) in [6.45, 7) is 0. The van der Waals surface area contributed by atoms with Crippen molar-refractivity contribution in [1.29, 1.82) is 0 Å². The van der Waals surface area contributed by atoms with Crippen molar-refractivity contribution >= 4 is 12.2 Å². The number of benzene rings is 1. The van der Waals surface area contributed by atoms with E-state index in [1.54, 1.807) is 0 Å². The van der Waals surface area contributed by atoms with Crippen molar-refractivity contribution in [3.8, 4) is 11.4 Å². The van der Waals surface area contributed by atoms with Crippen molar-refractivity contribution < 1.29 is 26.5 Å². The smallest absolute Gasteiger partial charge is 0.334 e. The van der Waals surface area contributed by atoms with Gasteiger partial charge in [0.25, 0.3) is 5.89 Å². The Morgan fingerprint density at radius 3 is 2.48 bits per heavy atom. The number of pyridine rings is 1. The summed E-state index contributed by atoms with van der Waals surface area (Å²) in [7, 11) is 0. The lowest BCUT2D eigenvalue weighted by molar-refractivity contribution is -0.137. The first-order chi connectivity index (χ1) is 11.8. The van der Waals surface area contributed by atoms with Crippen molar-refractivity contribution in [1.82, 2.24) is 15.1 Å². The van der Waals surface area contributed by atoms with Gasteiger partial charge in [0, 0.05) is 17.8 Å². The zero-order valence-electron chi connectivity index (χ0n) is 12.3. The molecule has 4 nitrogen and oxygen atoms in total. The number of hydrogen-bond donors (Lipinski definition) is 0. The van der Waals surface area contributed by atoms with Gasteiger partial charge >= 0.3 is 6.18 Å². The van der Waals surface area contributed by atoms with Crippen LogP contribution in [0, 0.1) is 11.6 Å². The van der Waals surface area contributed by atoms with Gasteiger partial charge in [-0.15, -0.1) is 0 Å². The number of halogens is 5. The number of rotatable bonds is 3. The Kier molecular flexibility index (Phi) is 4.30. The molecule has 0 amide bonds. The summed E-state index contributed by atoms with van der Waals surface area (Å²) >= 11 is 0. The molecule has 25 heavy (non-hydrogen) atoms. The van der Waals surface area contributed by atoms with Gasteiger partial charge in [0.1, 0.15) is 11.6 Å². The van der Waals surface area contributed by atoms with Crippen LogP contribution in [0.15, 0.2) is 41.2 Å². The number of nitrogens with zero attached hydrogens (tertiary/aromatic N) is 3. The summed E-state index contributed by atoms with van der Waals surface area (Å²) < 4.78 is 70.1. The Balaban J connectivity index is 1.92. The van der Waals surface area contributed by atoms with Crippen LogP contribution in [0.2, 0.25) is 0 Å². The van der Waals surface area contributed by atoms with E-state index < -0.39 is 28.9 Å². The lowest BCUT2D eigenvalue weighted by Crippen LogP contribution is -2.08. The fraction of sp³-hybridized carbons (Fsp3) is 0.0625. The van der Waals surface area contributed by atoms with Crippen LogP contribution in [0.5, 0.6) is 0 Å². The maximum absolute atomic E-state index is 13.1. The van der Waals surface area contributed by atoms with Gasteiger partial charge in [0.2, 0.25) is 5.82 Å². The fourth-order valence-electron chi connectivity index (χ4n) is 2.05. The molecule has 1 aromatic carbocycles. The van der Waals surface area contributed by atoms with Crippen molar-refractivity contribution in [2.75, 3.05) is 0 Å². The Labute approximate surface area is 137 Å². The third-order valence-corrected chi connectivity index (χ3v) is 3.11. The minimum Gasteiger partial charge on any atom is -0.334 e. The normalized spacial score (nSPS) is 12.0. The second-order valence-corrected chi connectivity index (χ2v) is 4.91. The topological polar surface area (TPSA) is 51.8 Å². The highest BCUT2D eigenvalue weighted by molar-refractivity contribution is 5.67. The molecule has 2 aromatic heterocycles. The van der Waals surface area contributed by atoms with Crippen LogP contribution >= 0.6 is 0 Å². The number of alkyl halides is 3. The Hall–Kier alpha value is -3.10. The van der Waals surface area contributed by atoms with E-state index in [4.69, 9.17) is 4.52 Å². The maximum atomic E-state index is 13.1. The lowest BCUT2D eigenvalue weighted by atomic mass is 10.1. The van der Waals surface area contributed by atoms with Gasteiger partial charge in [-0.1, -0.05) is 5.16 Å². The van der Waals surface area contributed by atoms with Gasteiger partial charge in [-0.05, 0) is 35.9 Å². The SMILES string of the molecule is Fc1cncc(C=Cc2nc(-c3ccc(F)cc3C(F)(F)F)no2)c1. The molecule has 128 valence electrons. The molecule has 3 aromatic rings. The molecular weight excluding hydrogens is 345 g/mol. The average molecular weight is 353 g/mol. The summed E-state index contributed by atoms with van der Waals surface area (Å²) in [5, 5.41) is 3.47. The standard InChI is InChI=1S/C16H8F5N3O/c17-10-2-3-12(13(6-10)16(19,20)21)15-23-14(25-24-15)4-1-9-5-11(18)8-22-7-9/h1-8H. The Morgan fingerprint density at radius 2 is 1.76 bits per heavy atom. The van der Waals surface area contributed by atoms with E-state index in [0.29, 0.717) is 11.6 Å². The minimum absolute atomic E-state index is 0.100.